The van der Waals surface area contributed by atoms with E-state index in [0.29, 0.717) is 17.1 Å². The molecule has 0 aliphatic carbocycles. The van der Waals surface area contributed by atoms with Gasteiger partial charge in [0.15, 0.2) is 11.5 Å². The van der Waals surface area contributed by atoms with Crippen LogP contribution >= 0.6 is 11.6 Å². The van der Waals surface area contributed by atoms with Gasteiger partial charge >= 0.3 is 5.97 Å². The van der Waals surface area contributed by atoms with Crippen molar-refractivity contribution in [2.45, 2.75) is 13.5 Å². The van der Waals surface area contributed by atoms with Crippen LogP contribution in [0, 0.1) is 17.1 Å². The summed E-state index contributed by atoms with van der Waals surface area (Å²) in [6.07, 6.45) is 1.36. The Balaban J connectivity index is 2.27. The number of ether oxygens (including phenoxy) is 3. The minimum Gasteiger partial charge on any atom is -0.493 e. The first-order valence-electron chi connectivity index (χ1n) is 8.02. The lowest BCUT2D eigenvalue weighted by atomic mass is 10.1. The summed E-state index contributed by atoms with van der Waals surface area (Å²) in [5.74, 6) is -0.417. The molecule has 0 saturated carbocycles. The number of hydrogen-bond donors (Lipinski definition) is 0. The van der Waals surface area contributed by atoms with Gasteiger partial charge in [-0.1, -0.05) is 23.7 Å². The summed E-state index contributed by atoms with van der Waals surface area (Å²) in [6.45, 7) is 1.98. The second kappa shape index (κ2) is 9.60. The van der Waals surface area contributed by atoms with Gasteiger partial charge < -0.3 is 14.2 Å². The summed E-state index contributed by atoms with van der Waals surface area (Å²) in [5.41, 5.74) is 1.08. The van der Waals surface area contributed by atoms with Crippen molar-refractivity contribution in [3.8, 4) is 17.6 Å². The van der Waals surface area contributed by atoms with Gasteiger partial charge in [0, 0.05) is 0 Å². The highest BCUT2D eigenvalue weighted by molar-refractivity contribution is 6.32. The maximum atomic E-state index is 13.0. The Morgan fingerprint density at radius 1 is 1.30 bits per heavy atom. The van der Waals surface area contributed by atoms with E-state index in [0.717, 1.165) is 5.56 Å². The van der Waals surface area contributed by atoms with Crippen molar-refractivity contribution in [1.29, 1.82) is 5.26 Å². The smallest absolute Gasteiger partial charge is 0.348 e. The summed E-state index contributed by atoms with van der Waals surface area (Å²) in [5, 5.41) is 9.37. The van der Waals surface area contributed by atoms with Crippen molar-refractivity contribution < 1.29 is 23.4 Å². The van der Waals surface area contributed by atoms with Crippen LogP contribution in [0.15, 0.2) is 42.0 Å². The molecule has 0 spiro atoms. The number of esters is 1. The summed E-state index contributed by atoms with van der Waals surface area (Å²) in [7, 11) is 1.44. The topological polar surface area (TPSA) is 68.6 Å². The number of carbonyl (C=O) groups is 1. The van der Waals surface area contributed by atoms with Crippen LogP contribution in [0.3, 0.4) is 0 Å². The van der Waals surface area contributed by atoms with Gasteiger partial charge in [-0.15, -0.1) is 0 Å². The largest absolute Gasteiger partial charge is 0.493 e. The van der Waals surface area contributed by atoms with Crippen LogP contribution in [-0.2, 0) is 16.1 Å². The van der Waals surface area contributed by atoms with Crippen LogP contribution < -0.4 is 9.47 Å². The Morgan fingerprint density at radius 2 is 2.00 bits per heavy atom. The SMILES string of the molecule is CCOC(=O)/C(C#N)=C/c1cc(Cl)c(OCc2ccc(F)cc2)c(OC)c1. The second-order valence-corrected chi connectivity index (χ2v) is 5.75. The zero-order valence-electron chi connectivity index (χ0n) is 14.8. The Bertz CT molecular complexity index is 888. The molecule has 0 fully saturated rings. The van der Waals surface area contributed by atoms with E-state index in [2.05, 4.69) is 0 Å². The zero-order chi connectivity index (χ0) is 19.8. The molecule has 0 unspecified atom stereocenters. The Morgan fingerprint density at radius 3 is 2.59 bits per heavy atom. The van der Waals surface area contributed by atoms with E-state index in [1.54, 1.807) is 37.3 Å². The van der Waals surface area contributed by atoms with E-state index in [4.69, 9.17) is 31.1 Å². The summed E-state index contributed by atoms with van der Waals surface area (Å²) < 4.78 is 28.8. The van der Waals surface area contributed by atoms with Gasteiger partial charge in [-0.05, 0) is 48.4 Å². The van der Waals surface area contributed by atoms with E-state index < -0.39 is 5.97 Å². The molecule has 2 aromatic rings. The Kier molecular flexibility index (Phi) is 7.21. The molecule has 0 amide bonds. The molecule has 0 N–H and O–H groups in total. The fourth-order valence-corrected chi connectivity index (χ4v) is 2.49. The van der Waals surface area contributed by atoms with Crippen LogP contribution in [0.25, 0.3) is 6.08 Å². The standard InChI is InChI=1S/C20H17ClFNO4/c1-3-26-20(24)15(11-23)8-14-9-17(21)19(18(10-14)25-2)27-12-13-4-6-16(22)7-5-13/h4-10H,3,12H2,1-2H3/b15-8+. The van der Waals surface area contributed by atoms with Gasteiger partial charge in [0.1, 0.15) is 24.1 Å². The average molecular weight is 390 g/mol. The van der Waals surface area contributed by atoms with Gasteiger partial charge in [-0.25, -0.2) is 9.18 Å². The number of nitrogens with zero attached hydrogens (tertiary/aromatic N) is 1. The Labute approximate surface area is 161 Å². The maximum Gasteiger partial charge on any atom is 0.348 e. The first-order valence-corrected chi connectivity index (χ1v) is 8.40. The van der Waals surface area contributed by atoms with Gasteiger partial charge in [0.25, 0.3) is 0 Å². The second-order valence-electron chi connectivity index (χ2n) is 5.34. The molecule has 0 aromatic heterocycles. The minimum atomic E-state index is -0.716. The fraction of sp³-hybridized carbons (Fsp3) is 0.200. The molecule has 140 valence electrons. The highest BCUT2D eigenvalue weighted by atomic mass is 35.5. The van der Waals surface area contributed by atoms with E-state index in [-0.39, 0.29) is 29.6 Å². The van der Waals surface area contributed by atoms with Crippen LogP contribution in [0.2, 0.25) is 5.02 Å². The van der Waals surface area contributed by atoms with Gasteiger partial charge in [0.05, 0.1) is 18.7 Å². The lowest BCUT2D eigenvalue weighted by molar-refractivity contribution is -0.137. The predicted molar refractivity (Wildman–Crippen MR) is 99.0 cm³/mol. The lowest BCUT2D eigenvalue weighted by Gasteiger charge is -2.13. The molecule has 5 nitrogen and oxygen atoms in total. The third-order valence-electron chi connectivity index (χ3n) is 3.48. The van der Waals surface area contributed by atoms with Gasteiger partial charge in [-0.2, -0.15) is 5.26 Å². The first kappa shape index (κ1) is 20.3. The number of rotatable bonds is 7. The van der Waals surface area contributed by atoms with Gasteiger partial charge in [0.2, 0.25) is 0 Å². The van der Waals surface area contributed by atoms with E-state index in [9.17, 15) is 9.18 Å². The predicted octanol–water partition coefficient (Wildman–Crippen LogP) is 4.54. The molecular weight excluding hydrogens is 373 g/mol. The molecule has 7 heteroatoms. The molecule has 0 aliphatic rings. The van der Waals surface area contributed by atoms with Crippen molar-refractivity contribution in [1.82, 2.24) is 0 Å². The normalized spacial score (nSPS) is 10.9. The molecule has 2 aromatic carbocycles. The number of benzene rings is 2. The first-order chi connectivity index (χ1) is 13.0. The molecular formula is C20H17ClFNO4. The lowest BCUT2D eigenvalue weighted by Crippen LogP contribution is -2.06. The molecule has 2 rings (SSSR count). The highest BCUT2D eigenvalue weighted by Gasteiger charge is 2.14. The molecule has 0 bridgehead atoms. The van der Waals surface area contributed by atoms with Crippen LogP contribution in [0.4, 0.5) is 4.39 Å². The maximum absolute atomic E-state index is 13.0. The van der Waals surface area contributed by atoms with Crippen molar-refractivity contribution in [2.75, 3.05) is 13.7 Å². The highest BCUT2D eigenvalue weighted by Crippen LogP contribution is 2.37. The fourth-order valence-electron chi connectivity index (χ4n) is 2.21. The average Bonchev–Trinajstić information content (AvgIpc) is 2.66. The Hall–Kier alpha value is -3.04. The third kappa shape index (κ3) is 5.47. The molecule has 0 heterocycles. The molecule has 27 heavy (non-hydrogen) atoms. The van der Waals surface area contributed by atoms with Crippen molar-refractivity contribution in [3.63, 3.8) is 0 Å². The number of hydrogen-bond acceptors (Lipinski definition) is 5. The minimum absolute atomic E-state index is 0.157. The number of nitriles is 1. The molecule has 0 aliphatic heterocycles. The molecule has 0 saturated heterocycles. The summed E-state index contributed by atoms with van der Waals surface area (Å²) >= 11 is 6.28. The number of halogens is 2. The number of carbonyl (C=O) groups excluding carboxylic acids is 1. The van der Waals surface area contributed by atoms with Crippen LogP contribution in [-0.4, -0.2) is 19.7 Å². The zero-order valence-corrected chi connectivity index (χ0v) is 15.5. The van der Waals surface area contributed by atoms with E-state index in [1.165, 1.54) is 25.3 Å². The van der Waals surface area contributed by atoms with E-state index >= 15 is 0 Å². The number of methoxy groups -OCH3 is 1. The van der Waals surface area contributed by atoms with Crippen LogP contribution in [0.1, 0.15) is 18.1 Å². The molecule has 0 radical (unpaired) electrons. The van der Waals surface area contributed by atoms with Gasteiger partial charge in [-0.3, -0.25) is 0 Å². The summed E-state index contributed by atoms with van der Waals surface area (Å²) in [4.78, 5) is 11.7. The molecule has 0 atom stereocenters. The van der Waals surface area contributed by atoms with Crippen molar-refractivity contribution >= 4 is 23.6 Å². The third-order valence-corrected chi connectivity index (χ3v) is 3.76. The van der Waals surface area contributed by atoms with Crippen molar-refractivity contribution in [2.24, 2.45) is 0 Å². The monoisotopic (exact) mass is 389 g/mol. The van der Waals surface area contributed by atoms with Crippen molar-refractivity contribution in [3.05, 3.63) is 63.9 Å². The quantitative estimate of drug-likeness (QED) is 0.395. The van der Waals surface area contributed by atoms with E-state index in [1.807, 2.05) is 0 Å². The van der Waals surface area contributed by atoms with Crippen LogP contribution in [0.5, 0.6) is 11.5 Å². The summed E-state index contributed by atoms with van der Waals surface area (Å²) in [6, 6.07) is 10.8.